The second-order valence-corrected chi connectivity index (χ2v) is 5.86. The molecule has 7 heteroatoms. The topological polar surface area (TPSA) is 59.2 Å². The molecule has 1 atom stereocenters. The van der Waals surface area contributed by atoms with Crippen molar-refractivity contribution in [3.8, 4) is 0 Å². The lowest BCUT2D eigenvalue weighted by molar-refractivity contribution is 0.0739. The highest BCUT2D eigenvalue weighted by atomic mass is 35.5. The summed E-state index contributed by atoms with van der Waals surface area (Å²) in [4.78, 5) is 19.3. The van der Waals surface area contributed by atoms with E-state index < -0.39 is 0 Å². The van der Waals surface area contributed by atoms with Crippen molar-refractivity contribution in [3.05, 3.63) is 38.5 Å². The summed E-state index contributed by atoms with van der Waals surface area (Å²) >= 11 is 3.07. The van der Waals surface area contributed by atoms with Crippen molar-refractivity contribution in [1.29, 1.82) is 0 Å². The van der Waals surface area contributed by atoms with E-state index in [4.69, 9.17) is 5.73 Å². The maximum atomic E-state index is 12.2. The Labute approximate surface area is 126 Å². The van der Waals surface area contributed by atoms with Crippen LogP contribution in [0.5, 0.6) is 0 Å². The average Bonchev–Trinajstić information content (AvgIpc) is 3.06. The number of halogens is 1. The Kier molecular flexibility index (Phi) is 5.93. The van der Waals surface area contributed by atoms with E-state index in [1.54, 1.807) is 28.7 Å². The zero-order chi connectivity index (χ0) is 13.1. The molecule has 0 bridgehead atoms. The van der Waals surface area contributed by atoms with Crippen molar-refractivity contribution < 1.29 is 4.79 Å². The maximum Gasteiger partial charge on any atom is 0.273 e. The highest BCUT2D eigenvalue weighted by molar-refractivity contribution is 7.10. The van der Waals surface area contributed by atoms with Crippen LogP contribution in [-0.2, 0) is 6.54 Å². The number of nitrogens with two attached hydrogens (primary N) is 1. The zero-order valence-electron chi connectivity index (χ0n) is 10.7. The third-order valence-corrected chi connectivity index (χ3v) is 4.72. The summed E-state index contributed by atoms with van der Waals surface area (Å²) in [6.07, 6.45) is 0. The van der Waals surface area contributed by atoms with Crippen molar-refractivity contribution in [2.45, 2.75) is 19.5 Å². The number of carbonyl (C=O) groups excluding carboxylic acids is 1. The van der Waals surface area contributed by atoms with Gasteiger partial charge in [-0.1, -0.05) is 6.07 Å². The Hall–Kier alpha value is -0.950. The van der Waals surface area contributed by atoms with E-state index in [9.17, 15) is 4.79 Å². The summed E-state index contributed by atoms with van der Waals surface area (Å²) < 4.78 is 0. The van der Waals surface area contributed by atoms with Crippen LogP contribution < -0.4 is 5.73 Å². The average molecular weight is 318 g/mol. The first kappa shape index (κ1) is 16.1. The van der Waals surface area contributed by atoms with Crippen LogP contribution in [-0.4, -0.2) is 22.8 Å². The Balaban J connectivity index is 0.00000180. The molecule has 0 saturated carbocycles. The lowest BCUT2D eigenvalue weighted by atomic mass is 10.2. The molecule has 2 N–H and O–H groups in total. The Morgan fingerprint density at radius 1 is 1.53 bits per heavy atom. The third-order valence-electron chi connectivity index (χ3n) is 2.80. The van der Waals surface area contributed by atoms with Crippen LogP contribution in [0.3, 0.4) is 0 Å². The molecule has 0 aromatic carbocycles. The molecule has 0 spiro atoms. The van der Waals surface area contributed by atoms with Crippen LogP contribution in [0.1, 0.15) is 33.3 Å². The molecular formula is C12H16ClN3OS2. The van der Waals surface area contributed by atoms with Gasteiger partial charge in [0.2, 0.25) is 0 Å². The number of rotatable bonds is 4. The standard InChI is InChI=1S/C12H15N3OS2.ClH/c1-8(10-4-3-5-17-10)15(2)12(16)9-7-18-11(6-13)14-9;/h3-5,7-8H,6,13H2,1-2H3;1H. The van der Waals surface area contributed by atoms with E-state index in [1.165, 1.54) is 16.2 Å². The van der Waals surface area contributed by atoms with Crippen LogP contribution in [0.2, 0.25) is 0 Å². The van der Waals surface area contributed by atoms with E-state index in [1.807, 2.05) is 24.4 Å². The van der Waals surface area contributed by atoms with Crippen LogP contribution in [0, 0.1) is 0 Å². The summed E-state index contributed by atoms with van der Waals surface area (Å²) in [6, 6.07) is 4.08. The first-order valence-electron chi connectivity index (χ1n) is 5.58. The van der Waals surface area contributed by atoms with Gasteiger partial charge in [0, 0.05) is 23.8 Å². The van der Waals surface area contributed by atoms with Crippen molar-refractivity contribution in [2.24, 2.45) is 5.73 Å². The summed E-state index contributed by atoms with van der Waals surface area (Å²) in [7, 11) is 1.80. The molecule has 2 rings (SSSR count). The summed E-state index contributed by atoms with van der Waals surface area (Å²) in [5, 5.41) is 4.57. The van der Waals surface area contributed by atoms with Crippen LogP contribution in [0.15, 0.2) is 22.9 Å². The molecule has 1 amide bonds. The normalized spacial score (nSPS) is 11.7. The minimum atomic E-state index is -0.0631. The number of aromatic nitrogens is 1. The molecule has 4 nitrogen and oxygen atoms in total. The third kappa shape index (κ3) is 3.54. The number of nitrogens with zero attached hydrogens (tertiary/aromatic N) is 2. The number of amides is 1. The number of thiazole rings is 1. The molecule has 0 aliphatic heterocycles. The maximum absolute atomic E-state index is 12.2. The van der Waals surface area contributed by atoms with Crippen molar-refractivity contribution in [2.75, 3.05) is 7.05 Å². The quantitative estimate of drug-likeness (QED) is 0.943. The smallest absolute Gasteiger partial charge is 0.273 e. The molecule has 0 aliphatic rings. The SMILES string of the molecule is CC(c1cccs1)N(C)C(=O)c1csc(CN)n1.Cl. The molecule has 0 saturated heterocycles. The molecule has 2 aromatic heterocycles. The van der Waals surface area contributed by atoms with E-state index in [-0.39, 0.29) is 24.4 Å². The Bertz CT molecular complexity index is 527. The fourth-order valence-electron chi connectivity index (χ4n) is 1.58. The molecule has 2 heterocycles. The highest BCUT2D eigenvalue weighted by Gasteiger charge is 2.21. The van der Waals surface area contributed by atoms with Gasteiger partial charge in [-0.3, -0.25) is 4.79 Å². The predicted octanol–water partition coefficient (Wildman–Crippen LogP) is 2.92. The van der Waals surface area contributed by atoms with Crippen molar-refractivity contribution >= 4 is 41.0 Å². The van der Waals surface area contributed by atoms with Crippen LogP contribution in [0.4, 0.5) is 0 Å². The van der Waals surface area contributed by atoms with Crippen molar-refractivity contribution in [1.82, 2.24) is 9.88 Å². The monoisotopic (exact) mass is 317 g/mol. The molecule has 2 aromatic rings. The number of carbonyl (C=O) groups is 1. The molecule has 1 unspecified atom stereocenters. The molecule has 0 aliphatic carbocycles. The van der Waals surface area contributed by atoms with Gasteiger partial charge in [-0.05, 0) is 18.4 Å². The highest BCUT2D eigenvalue weighted by Crippen LogP contribution is 2.24. The first-order chi connectivity index (χ1) is 8.63. The molecule has 0 fully saturated rings. The van der Waals surface area contributed by atoms with Gasteiger partial charge >= 0.3 is 0 Å². The van der Waals surface area contributed by atoms with Crippen LogP contribution >= 0.6 is 35.1 Å². The predicted molar refractivity (Wildman–Crippen MR) is 82.1 cm³/mol. The number of hydrogen-bond acceptors (Lipinski definition) is 5. The number of hydrogen-bond donors (Lipinski definition) is 1. The molecule has 19 heavy (non-hydrogen) atoms. The largest absolute Gasteiger partial charge is 0.333 e. The zero-order valence-corrected chi connectivity index (χ0v) is 13.1. The van der Waals surface area contributed by atoms with Crippen LogP contribution in [0.25, 0.3) is 0 Å². The minimum Gasteiger partial charge on any atom is -0.333 e. The summed E-state index contributed by atoms with van der Waals surface area (Å²) in [5.41, 5.74) is 5.98. The van der Waals surface area contributed by atoms with Gasteiger partial charge in [0.25, 0.3) is 5.91 Å². The van der Waals surface area contributed by atoms with E-state index in [0.717, 1.165) is 5.01 Å². The second-order valence-electron chi connectivity index (χ2n) is 3.94. The minimum absolute atomic E-state index is 0. The fourth-order valence-corrected chi connectivity index (χ4v) is 3.05. The van der Waals surface area contributed by atoms with E-state index in [2.05, 4.69) is 4.98 Å². The van der Waals surface area contributed by atoms with Gasteiger partial charge in [-0.15, -0.1) is 35.1 Å². The first-order valence-corrected chi connectivity index (χ1v) is 7.34. The summed E-state index contributed by atoms with van der Waals surface area (Å²) in [6.45, 7) is 2.39. The Morgan fingerprint density at radius 2 is 2.26 bits per heavy atom. The number of thiophene rings is 1. The molecule has 0 radical (unpaired) electrons. The fraction of sp³-hybridized carbons (Fsp3) is 0.333. The van der Waals surface area contributed by atoms with Gasteiger partial charge in [-0.2, -0.15) is 0 Å². The van der Waals surface area contributed by atoms with E-state index >= 15 is 0 Å². The van der Waals surface area contributed by atoms with Gasteiger partial charge in [0.15, 0.2) is 0 Å². The second kappa shape index (κ2) is 7.00. The molecular weight excluding hydrogens is 302 g/mol. The lowest BCUT2D eigenvalue weighted by Gasteiger charge is -2.23. The van der Waals surface area contributed by atoms with Crippen molar-refractivity contribution in [3.63, 3.8) is 0 Å². The van der Waals surface area contributed by atoms with Gasteiger partial charge in [-0.25, -0.2) is 4.98 Å². The summed E-state index contributed by atoms with van der Waals surface area (Å²) in [5.74, 6) is -0.0631. The Morgan fingerprint density at radius 3 is 2.79 bits per heavy atom. The molecule has 104 valence electrons. The van der Waals surface area contributed by atoms with Gasteiger partial charge in [0.1, 0.15) is 10.7 Å². The lowest BCUT2D eigenvalue weighted by Crippen LogP contribution is -2.29. The van der Waals surface area contributed by atoms with Gasteiger partial charge in [0.05, 0.1) is 6.04 Å². The van der Waals surface area contributed by atoms with E-state index in [0.29, 0.717) is 12.2 Å². The van der Waals surface area contributed by atoms with Gasteiger partial charge < -0.3 is 10.6 Å².